The molecule has 2 N–H and O–H groups in total. The minimum Gasteiger partial charge on any atom is -0.399 e. The van der Waals surface area contributed by atoms with Crippen molar-refractivity contribution in [2.45, 2.75) is 13.8 Å². The first-order valence-corrected chi connectivity index (χ1v) is 4.69. The molecule has 0 aliphatic carbocycles. The maximum absolute atomic E-state index is 5.65. The van der Waals surface area contributed by atoms with E-state index in [0.29, 0.717) is 0 Å². The van der Waals surface area contributed by atoms with Crippen LogP contribution in [0.5, 0.6) is 0 Å². The smallest absolute Gasteiger partial charge is 0.0456 e. The molecule has 2 heteroatoms. The Hall–Kier alpha value is -1.70. The summed E-state index contributed by atoms with van der Waals surface area (Å²) in [4.78, 5) is 0. The Morgan fingerprint density at radius 1 is 0.857 bits per heavy atom. The molecule has 0 atom stereocenters. The van der Waals surface area contributed by atoms with Gasteiger partial charge in [-0.25, -0.2) is 0 Å². The zero-order chi connectivity index (χ0) is 10.1. The summed E-state index contributed by atoms with van der Waals surface area (Å²) in [7, 11) is 0. The van der Waals surface area contributed by atoms with Gasteiger partial charge >= 0.3 is 0 Å². The van der Waals surface area contributed by atoms with Crippen LogP contribution < -0.4 is 5.73 Å². The van der Waals surface area contributed by atoms with Crippen LogP contribution in [0.15, 0.2) is 36.4 Å². The van der Waals surface area contributed by atoms with Crippen LogP contribution in [0.1, 0.15) is 11.4 Å². The molecule has 0 aliphatic rings. The van der Waals surface area contributed by atoms with Gasteiger partial charge in [0.05, 0.1) is 0 Å². The van der Waals surface area contributed by atoms with Gasteiger partial charge in [0, 0.05) is 22.8 Å². The molecule has 0 unspecified atom stereocenters. The summed E-state index contributed by atoms with van der Waals surface area (Å²) in [6.07, 6.45) is 0. The maximum Gasteiger partial charge on any atom is 0.0456 e. The second-order valence-corrected chi connectivity index (χ2v) is 3.54. The van der Waals surface area contributed by atoms with Crippen molar-refractivity contribution in [2.24, 2.45) is 0 Å². The molecule has 14 heavy (non-hydrogen) atoms. The zero-order valence-corrected chi connectivity index (χ0v) is 8.49. The summed E-state index contributed by atoms with van der Waals surface area (Å²) in [6, 6.07) is 12.2. The lowest BCUT2D eigenvalue weighted by molar-refractivity contribution is 0.966. The van der Waals surface area contributed by atoms with E-state index in [1.165, 1.54) is 17.1 Å². The number of hydrogen-bond acceptors (Lipinski definition) is 1. The first-order valence-electron chi connectivity index (χ1n) is 4.69. The highest BCUT2D eigenvalue weighted by Gasteiger charge is 2.02. The normalized spacial score (nSPS) is 10.4. The number of anilines is 1. The molecule has 1 aromatic heterocycles. The van der Waals surface area contributed by atoms with Gasteiger partial charge < -0.3 is 10.3 Å². The Labute approximate surface area is 84.0 Å². The van der Waals surface area contributed by atoms with E-state index in [2.05, 4.69) is 30.5 Å². The fourth-order valence-corrected chi connectivity index (χ4v) is 1.70. The molecule has 2 nitrogen and oxygen atoms in total. The van der Waals surface area contributed by atoms with Crippen molar-refractivity contribution >= 4 is 5.69 Å². The topological polar surface area (TPSA) is 30.9 Å². The molecule has 0 bridgehead atoms. The highest BCUT2D eigenvalue weighted by Crippen LogP contribution is 2.17. The van der Waals surface area contributed by atoms with E-state index in [0.717, 1.165) is 5.69 Å². The van der Waals surface area contributed by atoms with Gasteiger partial charge in [-0.1, -0.05) is 0 Å². The molecule has 1 aromatic carbocycles. The van der Waals surface area contributed by atoms with Gasteiger partial charge in [-0.15, -0.1) is 0 Å². The van der Waals surface area contributed by atoms with E-state index in [4.69, 9.17) is 5.73 Å². The Bertz CT molecular complexity index is 418. The number of nitrogens with zero attached hydrogens (tertiary/aromatic N) is 1. The molecule has 0 aliphatic heterocycles. The predicted molar refractivity (Wildman–Crippen MR) is 59.7 cm³/mol. The van der Waals surface area contributed by atoms with Crippen molar-refractivity contribution in [1.82, 2.24) is 4.57 Å². The van der Waals surface area contributed by atoms with Crippen LogP contribution in [0.2, 0.25) is 0 Å². The Morgan fingerprint density at radius 3 is 1.86 bits per heavy atom. The van der Waals surface area contributed by atoms with Crippen LogP contribution in [-0.4, -0.2) is 4.57 Å². The third kappa shape index (κ3) is 1.39. The monoisotopic (exact) mass is 186 g/mol. The summed E-state index contributed by atoms with van der Waals surface area (Å²) in [5.74, 6) is 0. The second-order valence-electron chi connectivity index (χ2n) is 3.54. The number of benzene rings is 1. The zero-order valence-electron chi connectivity index (χ0n) is 8.49. The fourth-order valence-electron chi connectivity index (χ4n) is 1.70. The number of aryl methyl sites for hydroxylation is 2. The Morgan fingerprint density at radius 2 is 1.36 bits per heavy atom. The standard InChI is InChI=1S/C12H14N2/c1-9-3-4-10(2)14(9)12-7-5-11(13)6-8-12/h3-8H,13H2,1-2H3. The fraction of sp³-hybridized carbons (Fsp3) is 0.167. The van der Waals surface area contributed by atoms with Crippen LogP contribution in [-0.2, 0) is 0 Å². The average Bonchev–Trinajstić information content (AvgIpc) is 2.49. The Kier molecular flexibility index (Phi) is 2.04. The van der Waals surface area contributed by atoms with Crippen molar-refractivity contribution in [1.29, 1.82) is 0 Å². The predicted octanol–water partition coefficient (Wildman–Crippen LogP) is 2.68. The molecule has 0 amide bonds. The molecular weight excluding hydrogens is 172 g/mol. The van der Waals surface area contributed by atoms with Crippen LogP contribution in [0.25, 0.3) is 5.69 Å². The van der Waals surface area contributed by atoms with Gasteiger partial charge in [-0.2, -0.15) is 0 Å². The summed E-state index contributed by atoms with van der Waals surface area (Å²) in [5.41, 5.74) is 10.1. The number of aromatic nitrogens is 1. The van der Waals surface area contributed by atoms with E-state index >= 15 is 0 Å². The first kappa shape index (κ1) is 8.88. The molecule has 2 rings (SSSR count). The van der Waals surface area contributed by atoms with Crippen LogP contribution in [0, 0.1) is 13.8 Å². The van der Waals surface area contributed by atoms with Crippen molar-refractivity contribution in [3.63, 3.8) is 0 Å². The number of rotatable bonds is 1. The van der Waals surface area contributed by atoms with E-state index in [-0.39, 0.29) is 0 Å². The molecule has 2 aromatic rings. The molecule has 72 valence electrons. The van der Waals surface area contributed by atoms with Gasteiger partial charge in [0.2, 0.25) is 0 Å². The molecule has 0 radical (unpaired) electrons. The summed E-state index contributed by atoms with van der Waals surface area (Å²) in [5, 5.41) is 0. The number of nitrogens with two attached hydrogens (primary N) is 1. The molecule has 0 saturated carbocycles. The quantitative estimate of drug-likeness (QED) is 0.682. The summed E-state index contributed by atoms with van der Waals surface area (Å²) < 4.78 is 2.21. The second kappa shape index (κ2) is 3.22. The lowest BCUT2D eigenvalue weighted by Crippen LogP contribution is -1.98. The third-order valence-electron chi connectivity index (χ3n) is 2.42. The van der Waals surface area contributed by atoms with Crippen molar-refractivity contribution in [3.05, 3.63) is 47.8 Å². The van der Waals surface area contributed by atoms with Gasteiger partial charge in [0.25, 0.3) is 0 Å². The SMILES string of the molecule is Cc1ccc(C)n1-c1ccc(N)cc1. The van der Waals surface area contributed by atoms with E-state index in [1.807, 2.05) is 24.3 Å². The molecule has 0 fully saturated rings. The van der Waals surface area contributed by atoms with Gasteiger partial charge in [0.15, 0.2) is 0 Å². The third-order valence-corrected chi connectivity index (χ3v) is 2.42. The van der Waals surface area contributed by atoms with Gasteiger partial charge in [-0.3, -0.25) is 0 Å². The van der Waals surface area contributed by atoms with Crippen LogP contribution in [0.4, 0.5) is 5.69 Å². The minimum absolute atomic E-state index is 0.802. The summed E-state index contributed by atoms with van der Waals surface area (Å²) in [6.45, 7) is 4.20. The Balaban J connectivity index is 2.54. The van der Waals surface area contributed by atoms with Crippen LogP contribution >= 0.6 is 0 Å². The lowest BCUT2D eigenvalue weighted by atomic mass is 10.2. The van der Waals surface area contributed by atoms with Gasteiger partial charge in [-0.05, 0) is 50.2 Å². The van der Waals surface area contributed by atoms with Crippen molar-refractivity contribution < 1.29 is 0 Å². The number of nitrogen functional groups attached to an aromatic ring is 1. The minimum atomic E-state index is 0.802. The highest BCUT2D eigenvalue weighted by molar-refractivity contribution is 5.46. The average molecular weight is 186 g/mol. The lowest BCUT2D eigenvalue weighted by Gasteiger charge is -2.09. The van der Waals surface area contributed by atoms with Gasteiger partial charge in [0.1, 0.15) is 0 Å². The molecule has 0 saturated heterocycles. The summed E-state index contributed by atoms with van der Waals surface area (Å²) >= 11 is 0. The number of hydrogen-bond donors (Lipinski definition) is 1. The molecule has 1 heterocycles. The van der Waals surface area contributed by atoms with E-state index < -0.39 is 0 Å². The van der Waals surface area contributed by atoms with Crippen LogP contribution in [0.3, 0.4) is 0 Å². The van der Waals surface area contributed by atoms with Crippen molar-refractivity contribution in [2.75, 3.05) is 5.73 Å². The largest absolute Gasteiger partial charge is 0.399 e. The first-order chi connectivity index (χ1) is 6.68. The molecular formula is C12H14N2. The highest BCUT2D eigenvalue weighted by atomic mass is 15.0. The van der Waals surface area contributed by atoms with Crippen molar-refractivity contribution in [3.8, 4) is 5.69 Å². The van der Waals surface area contributed by atoms with E-state index in [9.17, 15) is 0 Å². The maximum atomic E-state index is 5.65. The molecule has 0 spiro atoms. The van der Waals surface area contributed by atoms with E-state index in [1.54, 1.807) is 0 Å².